The van der Waals surface area contributed by atoms with Crippen molar-refractivity contribution in [2.45, 2.75) is 18.7 Å². The second kappa shape index (κ2) is 7.64. The van der Waals surface area contributed by atoms with Crippen LogP contribution in [-0.4, -0.2) is 21.0 Å². The minimum atomic E-state index is -3.99. The summed E-state index contributed by atoms with van der Waals surface area (Å²) in [5.74, 6) is -0.881. The van der Waals surface area contributed by atoms with Crippen molar-refractivity contribution in [3.8, 4) is 0 Å². The van der Waals surface area contributed by atoms with Crippen LogP contribution in [0.5, 0.6) is 0 Å². The van der Waals surface area contributed by atoms with E-state index in [0.717, 1.165) is 5.56 Å². The molecule has 0 unspecified atom stereocenters. The smallest absolute Gasteiger partial charge is 0.350 e. The number of benzene rings is 2. The molecule has 24 heavy (non-hydrogen) atoms. The number of rotatable bonds is 5. The van der Waals surface area contributed by atoms with Gasteiger partial charge in [-0.25, -0.2) is 13.2 Å². The molecule has 0 aliphatic heterocycles. The molecule has 0 fully saturated rings. The summed E-state index contributed by atoms with van der Waals surface area (Å²) in [6.07, 6.45) is 1.30. The quantitative estimate of drug-likeness (QED) is 0.593. The van der Waals surface area contributed by atoms with Crippen molar-refractivity contribution in [1.82, 2.24) is 0 Å². The van der Waals surface area contributed by atoms with Crippen molar-refractivity contribution < 1.29 is 17.9 Å². The van der Waals surface area contributed by atoms with Gasteiger partial charge in [-0.3, -0.25) is 0 Å². The number of carbonyl (C=O) groups is 1. The molecule has 2 aromatic carbocycles. The van der Waals surface area contributed by atoms with Crippen molar-refractivity contribution in [1.29, 1.82) is 0 Å². The number of aryl methyl sites for hydroxylation is 1. The average molecular weight is 365 g/mol. The zero-order valence-corrected chi connectivity index (χ0v) is 14.9. The molecule has 0 saturated carbocycles. The first-order chi connectivity index (χ1) is 11.3. The van der Waals surface area contributed by atoms with E-state index in [1.807, 2.05) is 6.92 Å². The van der Waals surface area contributed by atoms with Crippen LogP contribution in [0.25, 0.3) is 6.08 Å². The summed E-state index contributed by atoms with van der Waals surface area (Å²) in [7, 11) is -3.99. The van der Waals surface area contributed by atoms with Gasteiger partial charge in [0.1, 0.15) is 0 Å². The van der Waals surface area contributed by atoms with Gasteiger partial charge >= 0.3 is 5.97 Å². The van der Waals surface area contributed by atoms with Crippen LogP contribution in [0.4, 0.5) is 0 Å². The van der Waals surface area contributed by atoms with E-state index in [2.05, 4.69) is 0 Å². The van der Waals surface area contributed by atoms with E-state index in [4.69, 9.17) is 16.3 Å². The minimum Gasteiger partial charge on any atom is -0.462 e. The molecule has 0 heterocycles. The van der Waals surface area contributed by atoms with Crippen molar-refractivity contribution in [3.63, 3.8) is 0 Å². The molecule has 0 bridgehead atoms. The van der Waals surface area contributed by atoms with Crippen LogP contribution in [-0.2, 0) is 19.4 Å². The Morgan fingerprint density at radius 3 is 2.21 bits per heavy atom. The monoisotopic (exact) mass is 364 g/mol. The van der Waals surface area contributed by atoms with Crippen LogP contribution in [0.1, 0.15) is 18.1 Å². The Kier molecular flexibility index (Phi) is 5.80. The van der Waals surface area contributed by atoms with Crippen LogP contribution in [0, 0.1) is 6.92 Å². The molecule has 0 aliphatic carbocycles. The first-order valence-corrected chi connectivity index (χ1v) is 9.17. The van der Waals surface area contributed by atoms with Crippen molar-refractivity contribution in [2.24, 2.45) is 0 Å². The lowest BCUT2D eigenvalue weighted by atomic mass is 10.2. The Bertz CT molecular complexity index is 851. The van der Waals surface area contributed by atoms with E-state index in [-0.39, 0.29) is 11.5 Å². The van der Waals surface area contributed by atoms with E-state index in [9.17, 15) is 13.2 Å². The molecule has 2 aromatic rings. The summed E-state index contributed by atoms with van der Waals surface area (Å²) in [5, 5.41) is 0.520. The number of hydrogen-bond acceptors (Lipinski definition) is 4. The largest absolute Gasteiger partial charge is 0.462 e. The topological polar surface area (TPSA) is 60.4 Å². The maximum absolute atomic E-state index is 12.8. The van der Waals surface area contributed by atoms with Crippen molar-refractivity contribution >= 4 is 33.5 Å². The van der Waals surface area contributed by atoms with Gasteiger partial charge in [0.2, 0.25) is 9.84 Å². The summed E-state index contributed by atoms with van der Waals surface area (Å²) in [6.45, 7) is 3.56. The zero-order valence-electron chi connectivity index (χ0n) is 13.3. The van der Waals surface area contributed by atoms with Crippen molar-refractivity contribution in [2.75, 3.05) is 6.61 Å². The van der Waals surface area contributed by atoms with Crippen LogP contribution in [0.3, 0.4) is 0 Å². The lowest BCUT2D eigenvalue weighted by Crippen LogP contribution is -2.16. The van der Waals surface area contributed by atoms with Gasteiger partial charge in [0.25, 0.3) is 0 Å². The predicted octanol–water partition coefficient (Wildman–Crippen LogP) is 4.03. The molecule has 0 N–H and O–H groups in total. The minimum absolute atomic E-state index is 0.0429. The van der Waals surface area contributed by atoms with Gasteiger partial charge in [-0.1, -0.05) is 41.4 Å². The normalized spacial score (nSPS) is 12.0. The molecule has 4 nitrogen and oxygen atoms in total. The third-order valence-corrected chi connectivity index (χ3v) is 5.27. The highest BCUT2D eigenvalue weighted by Crippen LogP contribution is 2.24. The molecule has 0 spiro atoms. The number of esters is 1. The van der Waals surface area contributed by atoms with Crippen LogP contribution >= 0.6 is 11.6 Å². The van der Waals surface area contributed by atoms with Gasteiger partial charge in [0, 0.05) is 5.02 Å². The molecular formula is C18H17ClO4S. The Morgan fingerprint density at radius 2 is 1.67 bits per heavy atom. The van der Waals surface area contributed by atoms with Crippen LogP contribution in [0.15, 0.2) is 58.3 Å². The Labute approximate surface area is 146 Å². The second-order valence-corrected chi connectivity index (χ2v) is 7.45. The Morgan fingerprint density at radius 1 is 1.08 bits per heavy atom. The highest BCUT2D eigenvalue weighted by molar-refractivity contribution is 7.96. The number of sulfone groups is 1. The van der Waals surface area contributed by atoms with Crippen LogP contribution in [0.2, 0.25) is 5.02 Å². The number of hydrogen-bond donors (Lipinski definition) is 0. The van der Waals surface area contributed by atoms with Gasteiger partial charge < -0.3 is 4.74 Å². The highest BCUT2D eigenvalue weighted by Gasteiger charge is 2.28. The molecule has 126 valence electrons. The molecule has 0 radical (unpaired) electrons. The van der Waals surface area contributed by atoms with Crippen molar-refractivity contribution in [3.05, 3.63) is 69.6 Å². The molecule has 0 atom stereocenters. The fraction of sp³-hybridized carbons (Fsp3) is 0.167. The van der Waals surface area contributed by atoms with E-state index >= 15 is 0 Å². The fourth-order valence-corrected chi connectivity index (χ4v) is 3.45. The highest BCUT2D eigenvalue weighted by atomic mass is 35.5. The SMILES string of the molecule is CCOC(=O)/C(=C\c1ccc(Cl)cc1)S(=O)(=O)c1ccc(C)cc1. The van der Waals surface area contributed by atoms with E-state index in [1.165, 1.54) is 18.2 Å². The fourth-order valence-electron chi connectivity index (χ4n) is 2.00. The predicted molar refractivity (Wildman–Crippen MR) is 94.4 cm³/mol. The van der Waals surface area contributed by atoms with Gasteiger partial charge in [0.15, 0.2) is 4.91 Å². The first kappa shape index (κ1) is 18.2. The molecule has 2 rings (SSSR count). The van der Waals surface area contributed by atoms with Gasteiger partial charge in [-0.15, -0.1) is 0 Å². The van der Waals surface area contributed by atoms with E-state index in [0.29, 0.717) is 10.6 Å². The summed E-state index contributed by atoms with van der Waals surface area (Å²) < 4.78 is 30.6. The summed E-state index contributed by atoms with van der Waals surface area (Å²) in [4.78, 5) is 11.8. The number of carbonyl (C=O) groups excluding carboxylic acids is 1. The first-order valence-electron chi connectivity index (χ1n) is 7.30. The lowest BCUT2D eigenvalue weighted by Gasteiger charge is -2.09. The van der Waals surface area contributed by atoms with E-state index < -0.39 is 20.7 Å². The van der Waals surface area contributed by atoms with Gasteiger partial charge in [-0.2, -0.15) is 0 Å². The Balaban J connectivity index is 2.55. The van der Waals surface area contributed by atoms with Crippen LogP contribution < -0.4 is 0 Å². The number of ether oxygens (including phenoxy) is 1. The number of halogens is 1. The second-order valence-electron chi connectivity index (χ2n) is 5.10. The maximum Gasteiger partial charge on any atom is 0.350 e. The molecule has 6 heteroatoms. The van der Waals surface area contributed by atoms with Gasteiger partial charge in [-0.05, 0) is 49.8 Å². The van der Waals surface area contributed by atoms with E-state index in [1.54, 1.807) is 43.3 Å². The summed E-state index contributed by atoms with van der Waals surface area (Å²) in [6, 6.07) is 12.8. The lowest BCUT2D eigenvalue weighted by molar-refractivity contribution is -0.137. The maximum atomic E-state index is 12.8. The molecule has 0 saturated heterocycles. The zero-order chi connectivity index (χ0) is 17.7. The molecular weight excluding hydrogens is 348 g/mol. The molecule has 0 aromatic heterocycles. The Hall–Kier alpha value is -2.11. The summed E-state index contributed by atoms with van der Waals surface area (Å²) in [5.41, 5.74) is 1.46. The standard InChI is InChI=1S/C18H17ClO4S/c1-3-23-18(20)17(12-14-6-8-15(19)9-7-14)24(21,22)16-10-4-13(2)5-11-16/h4-12H,3H2,1-2H3/b17-12+. The third kappa shape index (κ3) is 4.24. The van der Waals surface area contributed by atoms with Gasteiger partial charge in [0.05, 0.1) is 11.5 Å². The molecule has 0 amide bonds. The summed E-state index contributed by atoms with van der Waals surface area (Å²) >= 11 is 5.83. The average Bonchev–Trinajstić information content (AvgIpc) is 2.54. The molecule has 0 aliphatic rings. The third-order valence-electron chi connectivity index (χ3n) is 3.27.